The molecule has 0 bridgehead atoms. The van der Waals surface area contributed by atoms with Crippen molar-refractivity contribution in [2.45, 2.75) is 57.7 Å². The van der Waals surface area contributed by atoms with Gasteiger partial charge in [-0.1, -0.05) is 24.3 Å². The summed E-state index contributed by atoms with van der Waals surface area (Å²) in [5.74, 6) is 1.58. The molecule has 5 heterocycles. The first-order valence-corrected chi connectivity index (χ1v) is 12.8. The number of carbonyl (C=O) groups is 2. The van der Waals surface area contributed by atoms with E-state index in [0.29, 0.717) is 37.3 Å². The van der Waals surface area contributed by atoms with Crippen molar-refractivity contribution in [2.24, 2.45) is 0 Å². The number of aromatic nitrogens is 5. The van der Waals surface area contributed by atoms with Crippen molar-refractivity contribution in [2.75, 3.05) is 6.54 Å². The van der Waals surface area contributed by atoms with E-state index < -0.39 is 5.54 Å². The molecule has 37 heavy (non-hydrogen) atoms. The van der Waals surface area contributed by atoms with Crippen LogP contribution in [-0.2, 0) is 25.9 Å². The highest BCUT2D eigenvalue weighted by Gasteiger charge is 2.31. The lowest BCUT2D eigenvalue weighted by Gasteiger charge is -2.31. The van der Waals surface area contributed by atoms with Crippen molar-refractivity contribution in [3.8, 4) is 0 Å². The second-order valence-electron chi connectivity index (χ2n) is 10.2. The highest BCUT2D eigenvalue weighted by molar-refractivity contribution is 5.94. The molecule has 190 valence electrons. The molecule has 0 aromatic carbocycles. The largest absolute Gasteiger partial charge is 0.342 e. The maximum absolute atomic E-state index is 13.3. The Kier molecular flexibility index (Phi) is 5.90. The molecule has 0 spiro atoms. The Morgan fingerprint density at radius 3 is 2.84 bits per heavy atom. The van der Waals surface area contributed by atoms with Crippen LogP contribution >= 0.6 is 0 Å². The zero-order valence-electron chi connectivity index (χ0n) is 20.9. The first-order valence-electron chi connectivity index (χ1n) is 12.8. The lowest BCUT2D eigenvalue weighted by atomic mass is 9.87. The molecule has 9 heteroatoms. The first-order chi connectivity index (χ1) is 18.0. The summed E-state index contributed by atoms with van der Waals surface area (Å²) in [6.45, 7) is 3.96. The van der Waals surface area contributed by atoms with Gasteiger partial charge in [0.05, 0.1) is 5.54 Å². The van der Waals surface area contributed by atoms with E-state index in [0.717, 1.165) is 54.2 Å². The second-order valence-corrected chi connectivity index (χ2v) is 10.2. The number of nitrogens with zero attached hydrogens (tertiary/aromatic N) is 6. The number of allylic oxidation sites excluding steroid dienone is 2. The van der Waals surface area contributed by atoms with E-state index in [2.05, 4.69) is 36.1 Å². The predicted octanol–water partition coefficient (Wildman–Crippen LogP) is 3.38. The lowest BCUT2D eigenvalue weighted by molar-refractivity contribution is 0.0728. The molecule has 2 aliphatic heterocycles. The minimum atomic E-state index is -0.583. The average Bonchev–Trinajstić information content (AvgIpc) is 3.36. The third kappa shape index (κ3) is 4.57. The van der Waals surface area contributed by atoms with E-state index >= 15 is 0 Å². The molecule has 6 rings (SSSR count). The molecule has 0 fully saturated rings. The molecule has 1 aliphatic carbocycles. The van der Waals surface area contributed by atoms with Crippen LogP contribution in [0.3, 0.4) is 0 Å². The summed E-state index contributed by atoms with van der Waals surface area (Å²) in [4.78, 5) is 36.6. The van der Waals surface area contributed by atoms with Gasteiger partial charge in [-0.3, -0.25) is 19.6 Å². The molecule has 9 nitrogen and oxygen atoms in total. The van der Waals surface area contributed by atoms with Crippen molar-refractivity contribution < 1.29 is 11.0 Å². The molecule has 1 atom stereocenters. The quantitative estimate of drug-likeness (QED) is 0.592. The fourth-order valence-corrected chi connectivity index (χ4v) is 5.39. The van der Waals surface area contributed by atoms with Crippen LogP contribution in [0.25, 0.3) is 5.57 Å². The number of fused-ring (bicyclic) bond motifs is 2. The molecular weight excluding hydrogens is 466 g/mol. The lowest BCUT2D eigenvalue weighted by Crippen LogP contribution is -2.45. The third-order valence-corrected chi connectivity index (χ3v) is 7.36. The smallest absolute Gasteiger partial charge is 0.272 e. The Hall–Kier alpha value is -4.14. The molecule has 1 unspecified atom stereocenters. The van der Waals surface area contributed by atoms with Crippen molar-refractivity contribution in [1.29, 1.82) is 0 Å². The molecule has 0 saturated heterocycles. The molecule has 3 aromatic heterocycles. The topological polar surface area (TPSA) is 106 Å². The van der Waals surface area contributed by atoms with Gasteiger partial charge in [-0.15, -0.1) is 10.2 Å². The summed E-state index contributed by atoms with van der Waals surface area (Å²) in [5.41, 5.74) is 3.25. The molecule has 1 N–H and O–H groups in total. The number of hydrogen-bond donors (Lipinski definition) is 1. The predicted molar refractivity (Wildman–Crippen MR) is 140 cm³/mol. The van der Waals surface area contributed by atoms with E-state index in [9.17, 15) is 9.59 Å². The summed E-state index contributed by atoms with van der Waals surface area (Å²) in [7, 11) is 0. The molecular formula is C28H31N7O2. The van der Waals surface area contributed by atoms with Gasteiger partial charge in [-0.25, -0.2) is 0 Å². The van der Waals surface area contributed by atoms with Gasteiger partial charge in [-0.2, -0.15) is 0 Å². The zero-order chi connectivity index (χ0) is 25.4. The van der Waals surface area contributed by atoms with E-state index in [-0.39, 0.29) is 13.2 Å². The average molecular weight is 498 g/mol. The standard InChI is InChI=1S/C28H29N7O2.H2/c1-28(11-6-7-19(16-28)25-33-32-24-9-3-5-13-35(24)25)31-26(36)23-15-21-18-34(14-10-20(21)17-30-23)27(37)22-8-2-4-12-29-22;/h2,4,6-8,11-12,15,17H,3,5,9-10,13-14,16,18H2,1H3,(H,31,36);1H. The second kappa shape index (κ2) is 9.38. The number of pyridine rings is 2. The molecule has 2 amide bonds. The number of nitrogens with one attached hydrogen (secondary N) is 1. The van der Waals surface area contributed by atoms with Gasteiger partial charge in [0, 0.05) is 46.3 Å². The normalized spacial score (nSPS) is 20.6. The van der Waals surface area contributed by atoms with E-state index in [1.807, 2.05) is 31.2 Å². The summed E-state index contributed by atoms with van der Waals surface area (Å²) in [5, 5.41) is 12.0. The van der Waals surface area contributed by atoms with Crippen LogP contribution in [0.15, 0.2) is 54.9 Å². The Labute approximate surface area is 216 Å². The Morgan fingerprint density at radius 2 is 1.97 bits per heavy atom. The van der Waals surface area contributed by atoms with Crippen LogP contribution in [0.4, 0.5) is 0 Å². The maximum atomic E-state index is 13.3. The SMILES string of the molecule is CC1(NC(=O)c2cc3c(cn2)CCN(C(=O)c2ccccn2)C3)C=CC=C(c2nnc3n2CCCC3)C1.[HH]. The number of hydrogen-bond acceptors (Lipinski definition) is 6. The van der Waals surface area contributed by atoms with Crippen LogP contribution in [0, 0.1) is 0 Å². The van der Waals surface area contributed by atoms with Crippen LogP contribution in [-0.4, -0.2) is 53.5 Å². The zero-order valence-corrected chi connectivity index (χ0v) is 20.9. The minimum Gasteiger partial charge on any atom is -0.342 e. The van der Waals surface area contributed by atoms with Gasteiger partial charge < -0.3 is 14.8 Å². The van der Waals surface area contributed by atoms with Crippen molar-refractivity contribution in [1.82, 2.24) is 34.9 Å². The van der Waals surface area contributed by atoms with Gasteiger partial charge in [0.1, 0.15) is 17.2 Å². The first kappa shape index (κ1) is 23.3. The fraction of sp³-hybridized carbons (Fsp3) is 0.357. The minimum absolute atomic E-state index is 0. The number of aryl methyl sites for hydroxylation is 1. The highest BCUT2D eigenvalue weighted by atomic mass is 16.2. The van der Waals surface area contributed by atoms with Gasteiger partial charge in [-0.05, 0) is 61.1 Å². The monoisotopic (exact) mass is 497 g/mol. The summed E-state index contributed by atoms with van der Waals surface area (Å²) >= 11 is 0. The number of carbonyl (C=O) groups excluding carboxylic acids is 2. The summed E-state index contributed by atoms with van der Waals surface area (Å²) in [6.07, 6.45) is 14.0. The Morgan fingerprint density at radius 1 is 1.05 bits per heavy atom. The molecule has 0 radical (unpaired) electrons. The molecule has 0 saturated carbocycles. The van der Waals surface area contributed by atoms with E-state index in [4.69, 9.17) is 0 Å². The van der Waals surface area contributed by atoms with Crippen LogP contribution in [0.2, 0.25) is 0 Å². The van der Waals surface area contributed by atoms with Crippen molar-refractivity contribution in [3.63, 3.8) is 0 Å². The number of rotatable bonds is 4. The van der Waals surface area contributed by atoms with Gasteiger partial charge >= 0.3 is 0 Å². The number of amides is 2. The van der Waals surface area contributed by atoms with Gasteiger partial charge in [0.25, 0.3) is 11.8 Å². The highest BCUT2D eigenvalue weighted by Crippen LogP contribution is 2.31. The third-order valence-electron chi connectivity index (χ3n) is 7.36. The molecule has 3 aromatic rings. The van der Waals surface area contributed by atoms with Crippen LogP contribution in [0.1, 0.15) is 71.4 Å². The summed E-state index contributed by atoms with van der Waals surface area (Å²) in [6, 6.07) is 7.13. The summed E-state index contributed by atoms with van der Waals surface area (Å²) < 4.78 is 2.21. The van der Waals surface area contributed by atoms with E-state index in [1.165, 1.54) is 0 Å². The fourth-order valence-electron chi connectivity index (χ4n) is 5.39. The molecule has 3 aliphatic rings. The van der Waals surface area contributed by atoms with Crippen molar-refractivity contribution >= 4 is 17.4 Å². The van der Waals surface area contributed by atoms with E-state index in [1.54, 1.807) is 29.4 Å². The van der Waals surface area contributed by atoms with Crippen molar-refractivity contribution in [3.05, 3.63) is 89.1 Å². The Bertz CT molecular complexity index is 1430. The van der Waals surface area contributed by atoms with Gasteiger partial charge in [0.15, 0.2) is 5.82 Å². The van der Waals surface area contributed by atoms with Crippen LogP contribution < -0.4 is 5.32 Å². The Balaban J connectivity index is 0.00000294. The maximum Gasteiger partial charge on any atom is 0.272 e. The van der Waals surface area contributed by atoms with Gasteiger partial charge in [0.2, 0.25) is 0 Å². The van der Waals surface area contributed by atoms with Crippen LogP contribution in [0.5, 0.6) is 0 Å².